The van der Waals surface area contributed by atoms with E-state index < -0.39 is 5.41 Å². The van der Waals surface area contributed by atoms with Crippen molar-refractivity contribution in [3.63, 3.8) is 0 Å². The number of hydrogen-bond acceptors (Lipinski definition) is 3. The van der Waals surface area contributed by atoms with E-state index in [0.29, 0.717) is 6.42 Å². The van der Waals surface area contributed by atoms with Gasteiger partial charge in [0.2, 0.25) is 5.91 Å². The first-order valence-corrected chi connectivity index (χ1v) is 7.10. The first-order chi connectivity index (χ1) is 9.61. The maximum Gasteiger partial charge on any atom is 0.322 e. The topological polar surface area (TPSA) is 51.5 Å². The molecule has 0 bridgehead atoms. The first-order valence-electron chi connectivity index (χ1n) is 7.10. The summed E-state index contributed by atoms with van der Waals surface area (Å²) < 4.78 is 6.91. The molecule has 5 nitrogen and oxygen atoms in total. The summed E-state index contributed by atoms with van der Waals surface area (Å²) in [5.74, 6) is -0.489. The molecular weight excluding hydrogens is 256 g/mol. The molecule has 2 aliphatic rings. The number of aromatic nitrogens is 1. The second-order valence-electron chi connectivity index (χ2n) is 5.76. The predicted octanol–water partition coefficient (Wildman–Crippen LogP) is 1.29. The number of amides is 1. The Morgan fingerprint density at radius 3 is 2.60 bits per heavy atom. The molecular formula is C15H20N2O3. The molecule has 5 heteroatoms. The van der Waals surface area contributed by atoms with Gasteiger partial charge >= 0.3 is 5.97 Å². The summed E-state index contributed by atoms with van der Waals surface area (Å²) in [5, 5.41) is 0. The van der Waals surface area contributed by atoms with E-state index in [1.807, 2.05) is 34.8 Å². The Bertz CT molecular complexity index is 545. The molecule has 20 heavy (non-hydrogen) atoms. The van der Waals surface area contributed by atoms with Gasteiger partial charge in [0, 0.05) is 37.9 Å². The van der Waals surface area contributed by atoms with Crippen molar-refractivity contribution in [1.82, 2.24) is 9.47 Å². The number of ether oxygens (including phenoxy) is 1. The minimum atomic E-state index is -0.981. The standard InChI is InChI=1S/C15H20N2O3/c1-16-7-5-6-12(16)11-10-15(11,14(19)20-2)13(18)17-8-3-4-9-17/h5-7,11H,3-4,8-10H2,1-2H3/t11-,15-/m1/s1. The highest BCUT2D eigenvalue weighted by molar-refractivity contribution is 6.07. The average molecular weight is 276 g/mol. The molecule has 0 spiro atoms. The third kappa shape index (κ3) is 1.76. The zero-order valence-corrected chi connectivity index (χ0v) is 12.0. The molecule has 1 aromatic rings. The third-order valence-corrected chi connectivity index (χ3v) is 4.63. The van der Waals surface area contributed by atoms with Crippen LogP contribution in [0.3, 0.4) is 0 Å². The van der Waals surface area contributed by atoms with Gasteiger partial charge in [-0.25, -0.2) is 0 Å². The fraction of sp³-hybridized carbons (Fsp3) is 0.600. The van der Waals surface area contributed by atoms with Crippen molar-refractivity contribution in [2.45, 2.75) is 25.2 Å². The number of esters is 1. The minimum absolute atomic E-state index is 0.0481. The average Bonchev–Trinajstić information content (AvgIpc) is 2.83. The summed E-state index contributed by atoms with van der Waals surface area (Å²) in [4.78, 5) is 26.8. The highest BCUT2D eigenvalue weighted by atomic mass is 16.5. The van der Waals surface area contributed by atoms with Crippen LogP contribution in [0.15, 0.2) is 18.3 Å². The van der Waals surface area contributed by atoms with Gasteiger partial charge in [0.25, 0.3) is 0 Å². The highest BCUT2D eigenvalue weighted by Gasteiger charge is 2.69. The quantitative estimate of drug-likeness (QED) is 0.617. The van der Waals surface area contributed by atoms with E-state index in [1.54, 1.807) is 0 Å². The summed E-state index contributed by atoms with van der Waals surface area (Å²) >= 11 is 0. The maximum absolute atomic E-state index is 12.8. The van der Waals surface area contributed by atoms with E-state index in [0.717, 1.165) is 31.6 Å². The van der Waals surface area contributed by atoms with Crippen LogP contribution >= 0.6 is 0 Å². The summed E-state index contributed by atoms with van der Waals surface area (Å²) in [6.45, 7) is 1.52. The van der Waals surface area contributed by atoms with Crippen molar-refractivity contribution in [2.75, 3.05) is 20.2 Å². The van der Waals surface area contributed by atoms with Gasteiger partial charge in [-0.15, -0.1) is 0 Å². The van der Waals surface area contributed by atoms with Gasteiger partial charge in [0.1, 0.15) is 0 Å². The summed E-state index contributed by atoms with van der Waals surface area (Å²) in [6.07, 6.45) is 4.55. The van der Waals surface area contributed by atoms with E-state index >= 15 is 0 Å². The Balaban J connectivity index is 1.90. The second-order valence-corrected chi connectivity index (χ2v) is 5.76. The fourth-order valence-electron chi connectivity index (χ4n) is 3.39. The minimum Gasteiger partial charge on any atom is -0.468 e. The summed E-state index contributed by atoms with van der Waals surface area (Å²) in [5.41, 5.74) is 0.0496. The van der Waals surface area contributed by atoms with Gasteiger partial charge in [-0.3, -0.25) is 9.59 Å². The molecule has 1 aliphatic heterocycles. The molecule has 3 rings (SSSR count). The summed E-state index contributed by atoms with van der Waals surface area (Å²) in [6, 6.07) is 3.92. The maximum atomic E-state index is 12.8. The number of methoxy groups -OCH3 is 1. The van der Waals surface area contributed by atoms with E-state index in [-0.39, 0.29) is 17.8 Å². The molecule has 2 heterocycles. The lowest BCUT2D eigenvalue weighted by Crippen LogP contribution is -2.40. The first kappa shape index (κ1) is 13.2. The number of aryl methyl sites for hydroxylation is 1. The van der Waals surface area contributed by atoms with Crippen molar-refractivity contribution in [2.24, 2.45) is 12.5 Å². The van der Waals surface area contributed by atoms with E-state index in [9.17, 15) is 9.59 Å². The normalized spacial score (nSPS) is 28.5. The van der Waals surface area contributed by atoms with Crippen LogP contribution in [-0.4, -0.2) is 41.5 Å². The lowest BCUT2D eigenvalue weighted by molar-refractivity contribution is -0.155. The van der Waals surface area contributed by atoms with Crippen LogP contribution in [0.5, 0.6) is 0 Å². The van der Waals surface area contributed by atoms with Crippen molar-refractivity contribution in [3.05, 3.63) is 24.0 Å². The van der Waals surface area contributed by atoms with Gasteiger partial charge in [-0.05, 0) is 31.4 Å². The lowest BCUT2D eigenvalue weighted by Gasteiger charge is -2.22. The highest BCUT2D eigenvalue weighted by Crippen LogP contribution is 2.61. The Morgan fingerprint density at radius 1 is 1.35 bits per heavy atom. The zero-order chi connectivity index (χ0) is 14.3. The monoisotopic (exact) mass is 276 g/mol. The van der Waals surface area contributed by atoms with Crippen LogP contribution in [0.25, 0.3) is 0 Å². The zero-order valence-electron chi connectivity index (χ0n) is 12.0. The van der Waals surface area contributed by atoms with Gasteiger partial charge in [-0.2, -0.15) is 0 Å². The molecule has 108 valence electrons. The number of hydrogen-bond donors (Lipinski definition) is 0. The predicted molar refractivity (Wildman–Crippen MR) is 73.0 cm³/mol. The molecule has 1 aromatic heterocycles. The largest absolute Gasteiger partial charge is 0.468 e. The molecule has 1 saturated heterocycles. The van der Waals surface area contributed by atoms with Gasteiger partial charge < -0.3 is 14.2 Å². The molecule has 0 N–H and O–H groups in total. The van der Waals surface area contributed by atoms with Crippen LogP contribution in [0.2, 0.25) is 0 Å². The molecule has 0 unspecified atom stereocenters. The Labute approximate surface area is 118 Å². The molecule has 2 fully saturated rings. The van der Waals surface area contributed by atoms with Crippen molar-refractivity contribution >= 4 is 11.9 Å². The molecule has 0 aromatic carbocycles. The number of rotatable bonds is 3. The van der Waals surface area contributed by atoms with Crippen LogP contribution < -0.4 is 0 Å². The molecule has 0 radical (unpaired) electrons. The number of carbonyl (C=O) groups excluding carboxylic acids is 2. The van der Waals surface area contributed by atoms with Crippen LogP contribution in [0, 0.1) is 5.41 Å². The van der Waals surface area contributed by atoms with E-state index in [1.165, 1.54) is 7.11 Å². The number of carbonyl (C=O) groups is 2. The van der Waals surface area contributed by atoms with Crippen LogP contribution in [0.4, 0.5) is 0 Å². The summed E-state index contributed by atoms with van der Waals surface area (Å²) in [7, 11) is 3.30. The Hall–Kier alpha value is -1.78. The number of nitrogens with zero attached hydrogens (tertiary/aromatic N) is 2. The van der Waals surface area contributed by atoms with Crippen molar-refractivity contribution < 1.29 is 14.3 Å². The molecule has 1 aliphatic carbocycles. The Morgan fingerprint density at radius 2 is 2.05 bits per heavy atom. The SMILES string of the molecule is COC(=O)[C@]1(C(=O)N2CCCC2)C[C@@H]1c1cccn1C. The number of likely N-dealkylation sites (tertiary alicyclic amines) is 1. The fourth-order valence-corrected chi connectivity index (χ4v) is 3.39. The molecule has 1 saturated carbocycles. The Kier molecular flexibility index (Phi) is 3.07. The van der Waals surface area contributed by atoms with Crippen LogP contribution in [0.1, 0.15) is 30.9 Å². The third-order valence-electron chi connectivity index (χ3n) is 4.63. The van der Waals surface area contributed by atoms with E-state index in [2.05, 4.69) is 0 Å². The second kappa shape index (κ2) is 4.65. The smallest absolute Gasteiger partial charge is 0.322 e. The molecule has 2 atom stereocenters. The van der Waals surface area contributed by atoms with Gasteiger partial charge in [0.15, 0.2) is 5.41 Å². The van der Waals surface area contributed by atoms with E-state index in [4.69, 9.17) is 4.74 Å². The molecule has 1 amide bonds. The van der Waals surface area contributed by atoms with Gasteiger partial charge in [-0.1, -0.05) is 0 Å². The van der Waals surface area contributed by atoms with Gasteiger partial charge in [0.05, 0.1) is 7.11 Å². The van der Waals surface area contributed by atoms with Crippen molar-refractivity contribution in [3.8, 4) is 0 Å². The van der Waals surface area contributed by atoms with Crippen LogP contribution in [-0.2, 0) is 21.4 Å². The lowest BCUT2D eigenvalue weighted by atomic mass is 10.00. The van der Waals surface area contributed by atoms with Crippen molar-refractivity contribution in [1.29, 1.82) is 0 Å².